The molecule has 0 bridgehead atoms. The molecular formula is C23H25N5O4S2. The summed E-state index contributed by atoms with van der Waals surface area (Å²) in [4.78, 5) is 16.6. The van der Waals surface area contributed by atoms with Crippen LogP contribution >= 0.6 is 11.5 Å². The zero-order valence-electron chi connectivity index (χ0n) is 19.5. The Morgan fingerprint density at radius 1 is 1.29 bits per heavy atom. The summed E-state index contributed by atoms with van der Waals surface area (Å²) in [6, 6.07) is 11.4. The first-order valence-electron chi connectivity index (χ1n) is 10.5. The number of nitrogens with one attached hydrogen (secondary N) is 1. The first kappa shape index (κ1) is 25.1. The average Bonchev–Trinajstić information content (AvgIpc) is 3.37. The monoisotopic (exact) mass is 499 g/mol. The number of aromatic nitrogens is 3. The number of aryl methyl sites for hydroxylation is 1. The van der Waals surface area contributed by atoms with Crippen molar-refractivity contribution in [2.45, 2.75) is 45.0 Å². The summed E-state index contributed by atoms with van der Waals surface area (Å²) in [6.45, 7) is 9.39. The highest BCUT2D eigenvalue weighted by Crippen LogP contribution is 2.25. The van der Waals surface area contributed by atoms with Gasteiger partial charge >= 0.3 is 0 Å². The first-order chi connectivity index (χ1) is 16.1. The molecule has 34 heavy (non-hydrogen) atoms. The van der Waals surface area contributed by atoms with E-state index >= 15 is 0 Å². The van der Waals surface area contributed by atoms with Crippen LogP contribution in [0.15, 0.2) is 41.1 Å². The maximum Gasteiger partial charge on any atom is 0.268 e. The molecule has 1 N–H and O–H groups in total. The number of anilines is 1. The number of carbonyl (C=O) groups excluding carboxylic acids is 1. The minimum atomic E-state index is -3.66. The highest BCUT2D eigenvalue weighted by molar-refractivity contribution is 7.91. The Morgan fingerprint density at radius 3 is 2.56 bits per heavy atom. The van der Waals surface area contributed by atoms with Crippen molar-refractivity contribution in [3.05, 3.63) is 52.9 Å². The number of amides is 1. The van der Waals surface area contributed by atoms with E-state index in [9.17, 15) is 18.5 Å². The Bertz CT molecular complexity index is 1380. The van der Waals surface area contributed by atoms with E-state index in [0.29, 0.717) is 12.2 Å². The fourth-order valence-electron chi connectivity index (χ4n) is 3.24. The van der Waals surface area contributed by atoms with Gasteiger partial charge < -0.3 is 9.30 Å². The summed E-state index contributed by atoms with van der Waals surface area (Å²) in [6.07, 6.45) is 1.50. The molecule has 2 heterocycles. The third-order valence-corrected chi connectivity index (χ3v) is 7.72. The molecule has 11 heteroatoms. The highest BCUT2D eigenvalue weighted by Gasteiger charge is 2.25. The lowest BCUT2D eigenvalue weighted by Gasteiger charge is -2.11. The molecule has 3 rings (SSSR count). The van der Waals surface area contributed by atoms with Crippen LogP contribution in [0.2, 0.25) is 0 Å². The van der Waals surface area contributed by atoms with Crippen LogP contribution in [-0.2, 0) is 14.6 Å². The van der Waals surface area contributed by atoms with Crippen molar-refractivity contribution in [1.29, 1.82) is 5.26 Å². The van der Waals surface area contributed by atoms with E-state index in [1.54, 1.807) is 0 Å². The number of hydrogen-bond donors (Lipinski definition) is 1. The van der Waals surface area contributed by atoms with E-state index in [4.69, 9.17) is 4.74 Å². The molecule has 0 aliphatic heterocycles. The third-order valence-electron chi connectivity index (χ3n) is 5.04. The van der Waals surface area contributed by atoms with Gasteiger partial charge in [-0.25, -0.2) is 8.42 Å². The zero-order chi connectivity index (χ0) is 25.0. The van der Waals surface area contributed by atoms with Crippen molar-refractivity contribution >= 4 is 38.5 Å². The number of sulfone groups is 1. The van der Waals surface area contributed by atoms with Crippen LogP contribution in [0.3, 0.4) is 0 Å². The molecule has 0 saturated carbocycles. The van der Waals surface area contributed by atoms with Crippen molar-refractivity contribution in [2.24, 2.45) is 0 Å². The average molecular weight is 500 g/mol. The van der Waals surface area contributed by atoms with Crippen molar-refractivity contribution < 1.29 is 17.9 Å². The number of carbonyl (C=O) groups is 1. The Morgan fingerprint density at radius 2 is 1.97 bits per heavy atom. The second-order valence-electron chi connectivity index (χ2n) is 7.69. The molecule has 0 aliphatic carbocycles. The Labute approximate surface area is 202 Å². The molecule has 0 aliphatic rings. The van der Waals surface area contributed by atoms with Crippen LogP contribution in [0.4, 0.5) is 5.13 Å². The number of nitrogens with zero attached hydrogens (tertiary/aromatic N) is 4. The van der Waals surface area contributed by atoms with Gasteiger partial charge in [0, 0.05) is 28.6 Å². The van der Waals surface area contributed by atoms with E-state index in [2.05, 4.69) is 14.7 Å². The van der Waals surface area contributed by atoms with Crippen LogP contribution in [0.1, 0.15) is 37.7 Å². The van der Waals surface area contributed by atoms with Gasteiger partial charge in [-0.1, -0.05) is 0 Å². The number of hydrogen-bond acceptors (Lipinski definition) is 8. The van der Waals surface area contributed by atoms with Crippen LogP contribution in [0, 0.1) is 25.2 Å². The smallest absolute Gasteiger partial charge is 0.268 e. The van der Waals surface area contributed by atoms with E-state index < -0.39 is 21.0 Å². The summed E-state index contributed by atoms with van der Waals surface area (Å²) in [5.74, 6) is 0.0799. The van der Waals surface area contributed by atoms with Crippen LogP contribution in [-0.4, -0.2) is 40.1 Å². The van der Waals surface area contributed by atoms with Gasteiger partial charge in [-0.3, -0.25) is 10.1 Å². The number of nitriles is 1. The molecule has 1 amide bonds. The molecule has 0 saturated heterocycles. The van der Waals surface area contributed by atoms with Crippen molar-refractivity contribution in [1.82, 2.24) is 13.9 Å². The summed E-state index contributed by atoms with van der Waals surface area (Å²) < 4.78 is 35.7. The molecule has 0 spiro atoms. The van der Waals surface area contributed by atoms with Crippen LogP contribution < -0.4 is 10.1 Å². The maximum atomic E-state index is 12.7. The summed E-state index contributed by atoms with van der Waals surface area (Å²) in [5, 5.41) is 11.0. The predicted molar refractivity (Wildman–Crippen MR) is 131 cm³/mol. The van der Waals surface area contributed by atoms with Gasteiger partial charge in [-0.05, 0) is 76.6 Å². The summed E-state index contributed by atoms with van der Waals surface area (Å²) in [7, 11) is -3.66. The normalized spacial score (nSPS) is 12.0. The fraction of sp³-hybridized carbons (Fsp3) is 0.304. The van der Waals surface area contributed by atoms with Crippen molar-refractivity contribution in [3.8, 4) is 17.5 Å². The van der Waals surface area contributed by atoms with Crippen LogP contribution in [0.5, 0.6) is 5.75 Å². The Balaban J connectivity index is 1.86. The van der Waals surface area contributed by atoms with Gasteiger partial charge in [-0.15, -0.1) is 0 Å². The Kier molecular flexibility index (Phi) is 7.54. The number of rotatable bonds is 8. The lowest BCUT2D eigenvalue weighted by atomic mass is 10.1. The lowest BCUT2D eigenvalue weighted by molar-refractivity contribution is -0.112. The predicted octanol–water partition coefficient (Wildman–Crippen LogP) is 4.07. The topological polar surface area (TPSA) is 127 Å². The molecule has 1 aromatic carbocycles. The first-order valence-corrected chi connectivity index (χ1v) is 12.8. The second-order valence-corrected chi connectivity index (χ2v) is 10.8. The van der Waals surface area contributed by atoms with E-state index in [1.165, 1.54) is 19.9 Å². The standard InChI is InChI=1S/C23H25N5O4S2/c1-6-32-20-9-7-19(8-10-20)28-15(4)11-17(16(28)5)12-18(13-24)21(29)25-22-26-23(27-33-22)34(30,31)14(2)3/h7-12,14H,6H2,1-5H3,(H,25,26,27,29). The minimum absolute atomic E-state index is 0.00485. The van der Waals surface area contributed by atoms with Gasteiger partial charge in [-0.2, -0.15) is 14.6 Å². The van der Waals surface area contributed by atoms with Crippen molar-refractivity contribution in [3.63, 3.8) is 0 Å². The van der Waals surface area contributed by atoms with E-state index in [0.717, 1.165) is 34.4 Å². The van der Waals surface area contributed by atoms with Gasteiger partial charge in [0.1, 0.15) is 17.4 Å². The Hall–Kier alpha value is -3.49. The molecule has 2 aromatic heterocycles. The van der Waals surface area contributed by atoms with Crippen molar-refractivity contribution in [2.75, 3.05) is 11.9 Å². The lowest BCUT2D eigenvalue weighted by Crippen LogP contribution is -2.16. The fourth-order valence-corrected chi connectivity index (χ4v) is 4.94. The number of ether oxygens (including phenoxy) is 1. The van der Waals surface area contributed by atoms with Gasteiger partial charge in [0.05, 0.1) is 11.9 Å². The second kappa shape index (κ2) is 10.2. The summed E-state index contributed by atoms with van der Waals surface area (Å²) in [5.41, 5.74) is 3.27. The van der Waals surface area contributed by atoms with E-state index in [1.807, 2.05) is 61.7 Å². The minimum Gasteiger partial charge on any atom is -0.494 e. The SMILES string of the molecule is CCOc1ccc(-n2c(C)cc(C=C(C#N)C(=O)Nc3nc(S(=O)(=O)C(C)C)ns3)c2C)cc1. The highest BCUT2D eigenvalue weighted by atomic mass is 32.2. The van der Waals surface area contributed by atoms with Gasteiger partial charge in [0.25, 0.3) is 11.1 Å². The quantitative estimate of drug-likeness (QED) is 0.365. The van der Waals surface area contributed by atoms with E-state index in [-0.39, 0.29) is 15.9 Å². The molecule has 0 fully saturated rings. The van der Waals surface area contributed by atoms with Crippen LogP contribution in [0.25, 0.3) is 11.8 Å². The molecule has 0 radical (unpaired) electrons. The molecule has 9 nitrogen and oxygen atoms in total. The molecular weight excluding hydrogens is 474 g/mol. The van der Waals surface area contributed by atoms with Gasteiger partial charge in [0.2, 0.25) is 15.0 Å². The molecule has 0 atom stereocenters. The summed E-state index contributed by atoms with van der Waals surface area (Å²) >= 11 is 0.745. The molecule has 178 valence electrons. The molecule has 0 unspecified atom stereocenters. The largest absolute Gasteiger partial charge is 0.494 e. The molecule has 3 aromatic rings. The zero-order valence-corrected chi connectivity index (χ0v) is 21.1. The maximum absolute atomic E-state index is 12.7. The van der Waals surface area contributed by atoms with Gasteiger partial charge in [0.15, 0.2) is 0 Å². The third kappa shape index (κ3) is 5.18. The number of benzene rings is 1.